The third-order valence-electron chi connectivity index (χ3n) is 4.84. The van der Waals surface area contributed by atoms with Gasteiger partial charge in [0.2, 0.25) is 0 Å². The lowest BCUT2D eigenvalue weighted by Crippen LogP contribution is -2.39. The number of terminal acetylenes is 1. The molecule has 2 heterocycles. The molecule has 2 aromatic heterocycles. The average Bonchev–Trinajstić information content (AvgIpc) is 3.11. The molecule has 0 aliphatic carbocycles. The van der Waals surface area contributed by atoms with Gasteiger partial charge in [0.15, 0.2) is 16.3 Å². The molecule has 0 fully saturated rings. The molecule has 0 spiro atoms. The average molecular weight is 519 g/mol. The SMILES string of the molecule is C#CCn1c(=O)c2c(nc(SC(CC)C(=O)OCC)n2Cc2cccc(Br)c2)n(C)c1=O. The number of benzene rings is 1. The van der Waals surface area contributed by atoms with Crippen molar-refractivity contribution in [1.82, 2.24) is 18.7 Å². The Balaban J connectivity index is 2.25. The van der Waals surface area contributed by atoms with Gasteiger partial charge in [0, 0.05) is 11.5 Å². The van der Waals surface area contributed by atoms with Gasteiger partial charge in [0.05, 0.1) is 19.7 Å². The standard InChI is InChI=1S/C22H23BrN4O4S/c1-5-11-26-19(28)17-18(25(4)22(26)30)24-21(32-16(6-2)20(29)31-7-3)27(17)13-14-9-8-10-15(23)12-14/h1,8-10,12,16H,6-7,11,13H2,2-4H3. The van der Waals surface area contributed by atoms with E-state index in [-0.39, 0.29) is 30.3 Å². The Morgan fingerprint density at radius 1 is 1.31 bits per heavy atom. The second-order valence-corrected chi connectivity index (χ2v) is 9.07. The molecule has 0 aliphatic heterocycles. The number of aromatic nitrogens is 4. The summed E-state index contributed by atoms with van der Waals surface area (Å²) in [6.07, 6.45) is 5.90. The molecule has 1 aromatic carbocycles. The summed E-state index contributed by atoms with van der Waals surface area (Å²) in [6.45, 7) is 4.08. The summed E-state index contributed by atoms with van der Waals surface area (Å²) in [4.78, 5) is 42.9. The molecule has 8 nitrogen and oxygen atoms in total. The van der Waals surface area contributed by atoms with Crippen LogP contribution in [0.3, 0.4) is 0 Å². The van der Waals surface area contributed by atoms with E-state index in [0.717, 1.165) is 14.6 Å². The van der Waals surface area contributed by atoms with Gasteiger partial charge in [0.25, 0.3) is 5.56 Å². The van der Waals surface area contributed by atoms with Gasteiger partial charge in [-0.05, 0) is 31.0 Å². The van der Waals surface area contributed by atoms with E-state index >= 15 is 0 Å². The molecule has 0 saturated carbocycles. The van der Waals surface area contributed by atoms with E-state index in [4.69, 9.17) is 11.2 Å². The number of rotatable bonds is 8. The van der Waals surface area contributed by atoms with Crippen LogP contribution in [0.4, 0.5) is 0 Å². The predicted octanol–water partition coefficient (Wildman–Crippen LogP) is 2.77. The molecule has 0 bridgehead atoms. The molecule has 0 aliphatic rings. The summed E-state index contributed by atoms with van der Waals surface area (Å²) in [5.74, 6) is 2.01. The molecule has 0 radical (unpaired) electrons. The summed E-state index contributed by atoms with van der Waals surface area (Å²) >= 11 is 4.68. The maximum absolute atomic E-state index is 13.3. The van der Waals surface area contributed by atoms with Crippen LogP contribution in [-0.4, -0.2) is 36.5 Å². The first-order chi connectivity index (χ1) is 15.3. The molecule has 3 aromatic rings. The number of fused-ring (bicyclic) bond motifs is 1. The number of aryl methyl sites for hydroxylation is 1. The van der Waals surface area contributed by atoms with Crippen LogP contribution in [0.5, 0.6) is 0 Å². The highest BCUT2D eigenvalue weighted by Crippen LogP contribution is 2.29. The first-order valence-electron chi connectivity index (χ1n) is 10.0. The number of ether oxygens (including phenoxy) is 1. The van der Waals surface area contributed by atoms with Crippen molar-refractivity contribution in [1.29, 1.82) is 0 Å². The van der Waals surface area contributed by atoms with E-state index in [1.807, 2.05) is 31.2 Å². The molecule has 3 rings (SSSR count). The van der Waals surface area contributed by atoms with Crippen molar-refractivity contribution < 1.29 is 9.53 Å². The minimum Gasteiger partial charge on any atom is -0.465 e. The zero-order valence-electron chi connectivity index (χ0n) is 18.0. The Bertz CT molecular complexity index is 1320. The minimum atomic E-state index is -0.540. The molecule has 10 heteroatoms. The van der Waals surface area contributed by atoms with Gasteiger partial charge >= 0.3 is 11.7 Å². The molecule has 1 atom stereocenters. The van der Waals surface area contributed by atoms with Gasteiger partial charge < -0.3 is 9.30 Å². The van der Waals surface area contributed by atoms with Gasteiger partial charge in [-0.15, -0.1) is 6.42 Å². The number of hydrogen-bond donors (Lipinski definition) is 0. The highest BCUT2D eigenvalue weighted by molar-refractivity contribution is 9.10. The summed E-state index contributed by atoms with van der Waals surface area (Å²) < 4.78 is 10.1. The molecule has 0 amide bonds. The van der Waals surface area contributed by atoms with Crippen LogP contribution in [0.15, 0.2) is 43.5 Å². The monoisotopic (exact) mass is 518 g/mol. The van der Waals surface area contributed by atoms with Crippen molar-refractivity contribution in [3.8, 4) is 12.3 Å². The third-order valence-corrected chi connectivity index (χ3v) is 6.67. The fraction of sp³-hybridized carbons (Fsp3) is 0.364. The summed E-state index contributed by atoms with van der Waals surface area (Å²) in [5.41, 5.74) is 0.357. The minimum absolute atomic E-state index is 0.146. The van der Waals surface area contributed by atoms with Gasteiger partial charge in [0.1, 0.15) is 5.25 Å². The van der Waals surface area contributed by atoms with Crippen molar-refractivity contribution in [2.24, 2.45) is 7.05 Å². The maximum atomic E-state index is 13.3. The lowest BCUT2D eigenvalue weighted by atomic mass is 10.2. The maximum Gasteiger partial charge on any atom is 0.333 e. The van der Waals surface area contributed by atoms with Crippen LogP contribution in [-0.2, 0) is 29.7 Å². The zero-order chi connectivity index (χ0) is 23.4. The number of esters is 1. The van der Waals surface area contributed by atoms with Gasteiger partial charge in [-0.1, -0.05) is 52.7 Å². The van der Waals surface area contributed by atoms with E-state index in [2.05, 4.69) is 26.8 Å². The quantitative estimate of drug-likeness (QED) is 0.259. The zero-order valence-corrected chi connectivity index (χ0v) is 20.4. The Hall–Kier alpha value is -2.77. The second kappa shape index (κ2) is 10.2. The van der Waals surface area contributed by atoms with Crippen molar-refractivity contribution in [2.45, 2.75) is 43.8 Å². The fourth-order valence-electron chi connectivity index (χ4n) is 3.30. The van der Waals surface area contributed by atoms with Gasteiger partial charge in [-0.3, -0.25) is 14.2 Å². The molecule has 168 valence electrons. The van der Waals surface area contributed by atoms with Gasteiger partial charge in [-0.2, -0.15) is 0 Å². The molecule has 0 N–H and O–H groups in total. The number of carbonyl (C=O) groups excluding carboxylic acids is 1. The summed E-state index contributed by atoms with van der Waals surface area (Å²) in [7, 11) is 1.55. The molecular weight excluding hydrogens is 496 g/mol. The van der Waals surface area contributed by atoms with Crippen LogP contribution < -0.4 is 11.2 Å². The molecular formula is C22H23BrN4O4S. The largest absolute Gasteiger partial charge is 0.465 e. The third kappa shape index (κ3) is 4.69. The lowest BCUT2D eigenvalue weighted by Gasteiger charge is -2.14. The molecule has 32 heavy (non-hydrogen) atoms. The number of halogens is 1. The first-order valence-corrected chi connectivity index (χ1v) is 11.7. The summed E-state index contributed by atoms with van der Waals surface area (Å²) in [6, 6.07) is 7.66. The van der Waals surface area contributed by atoms with Crippen molar-refractivity contribution in [2.75, 3.05) is 6.61 Å². The Kier molecular flexibility index (Phi) is 7.64. The van der Waals surface area contributed by atoms with Crippen LogP contribution >= 0.6 is 27.7 Å². The number of nitrogens with zero attached hydrogens (tertiary/aromatic N) is 4. The van der Waals surface area contributed by atoms with Crippen LogP contribution in [0.25, 0.3) is 11.2 Å². The van der Waals surface area contributed by atoms with E-state index in [9.17, 15) is 14.4 Å². The van der Waals surface area contributed by atoms with Crippen molar-refractivity contribution in [3.05, 3.63) is 55.1 Å². The summed E-state index contributed by atoms with van der Waals surface area (Å²) in [5, 5.41) is -0.0524. The van der Waals surface area contributed by atoms with Crippen molar-refractivity contribution >= 4 is 44.8 Å². The van der Waals surface area contributed by atoms with E-state index in [0.29, 0.717) is 18.1 Å². The normalized spacial score (nSPS) is 12.0. The van der Waals surface area contributed by atoms with E-state index < -0.39 is 16.5 Å². The van der Waals surface area contributed by atoms with Crippen LogP contribution in [0.1, 0.15) is 25.8 Å². The fourth-order valence-corrected chi connectivity index (χ4v) is 4.75. The topological polar surface area (TPSA) is 88.1 Å². The first kappa shape index (κ1) is 23.9. The van der Waals surface area contributed by atoms with Crippen molar-refractivity contribution in [3.63, 3.8) is 0 Å². The smallest absolute Gasteiger partial charge is 0.333 e. The lowest BCUT2D eigenvalue weighted by molar-refractivity contribution is -0.142. The Labute approximate surface area is 197 Å². The Morgan fingerprint density at radius 2 is 2.06 bits per heavy atom. The second-order valence-electron chi connectivity index (χ2n) is 6.99. The molecule has 1 unspecified atom stereocenters. The predicted molar refractivity (Wildman–Crippen MR) is 128 cm³/mol. The highest BCUT2D eigenvalue weighted by atomic mass is 79.9. The van der Waals surface area contributed by atoms with Gasteiger partial charge in [-0.25, -0.2) is 14.3 Å². The van der Waals surface area contributed by atoms with E-state index in [1.54, 1.807) is 18.5 Å². The highest BCUT2D eigenvalue weighted by Gasteiger charge is 2.26. The van der Waals surface area contributed by atoms with E-state index in [1.165, 1.54) is 16.3 Å². The Morgan fingerprint density at radius 3 is 2.69 bits per heavy atom. The number of carbonyl (C=O) groups is 1. The van der Waals surface area contributed by atoms with Crippen LogP contribution in [0.2, 0.25) is 0 Å². The van der Waals surface area contributed by atoms with Crippen LogP contribution in [0, 0.1) is 12.3 Å². The number of thioether (sulfide) groups is 1. The molecule has 0 saturated heterocycles. The number of imidazole rings is 1. The number of hydrogen-bond acceptors (Lipinski definition) is 6.